The van der Waals surface area contributed by atoms with Crippen LogP contribution in [0, 0.1) is 17.8 Å². The van der Waals surface area contributed by atoms with Gasteiger partial charge in [-0.2, -0.15) is 0 Å². The maximum Gasteiger partial charge on any atom is 0.225 e. The van der Waals surface area contributed by atoms with Gasteiger partial charge in [0.15, 0.2) is 23.0 Å². The van der Waals surface area contributed by atoms with Crippen LogP contribution >= 0.6 is 0 Å². The number of Topliss-reactive ketones (excluding diaryl/α,β-unsaturated/α-hetero) is 3. The van der Waals surface area contributed by atoms with Crippen molar-refractivity contribution in [2.24, 2.45) is 23.5 Å². The predicted octanol–water partition coefficient (Wildman–Crippen LogP) is 0.770. The monoisotopic (exact) mass is 441 g/mol. The molecule has 1 aromatic heterocycles. The molecule has 9 heteroatoms. The fourth-order valence-electron chi connectivity index (χ4n) is 5.23. The second-order valence-electron chi connectivity index (χ2n) is 8.45. The molecule has 0 bridgehead atoms. The fourth-order valence-corrected chi connectivity index (χ4v) is 5.23. The summed E-state index contributed by atoms with van der Waals surface area (Å²) in [5.41, 5.74) is 4.40. The van der Waals surface area contributed by atoms with Crippen LogP contribution in [-0.4, -0.2) is 50.8 Å². The van der Waals surface area contributed by atoms with Gasteiger partial charge >= 0.3 is 0 Å². The number of furan rings is 1. The van der Waals surface area contributed by atoms with Crippen molar-refractivity contribution in [2.75, 3.05) is 6.61 Å². The largest absolute Gasteiger partial charge is 0.507 e. The van der Waals surface area contributed by atoms with E-state index in [1.165, 1.54) is 18.6 Å². The maximum absolute atomic E-state index is 13.4. The molecule has 0 aliphatic heterocycles. The molecule has 1 unspecified atom stereocenters. The van der Waals surface area contributed by atoms with E-state index in [0.29, 0.717) is 16.7 Å². The molecule has 4 rings (SSSR count). The van der Waals surface area contributed by atoms with Gasteiger partial charge in [-0.1, -0.05) is 6.07 Å². The summed E-state index contributed by atoms with van der Waals surface area (Å²) in [5, 5.41) is 31.1. The molecule has 4 atom stereocenters. The van der Waals surface area contributed by atoms with Gasteiger partial charge in [-0.15, -0.1) is 0 Å². The Hall–Kier alpha value is -3.30. The first kappa shape index (κ1) is 21.9. The van der Waals surface area contributed by atoms with E-state index in [-0.39, 0.29) is 30.6 Å². The number of hydrogen-bond acceptors (Lipinski definition) is 8. The highest BCUT2D eigenvalue weighted by molar-refractivity contribution is 6.24. The van der Waals surface area contributed by atoms with Crippen LogP contribution in [0.2, 0.25) is 0 Å². The molecular weight excluding hydrogens is 418 g/mol. The van der Waals surface area contributed by atoms with Crippen molar-refractivity contribution in [1.82, 2.24) is 0 Å². The van der Waals surface area contributed by atoms with E-state index in [2.05, 4.69) is 0 Å². The quantitative estimate of drug-likeness (QED) is 0.477. The zero-order valence-corrected chi connectivity index (χ0v) is 17.1. The highest BCUT2D eigenvalue weighted by Gasteiger charge is 2.60. The van der Waals surface area contributed by atoms with E-state index in [0.717, 1.165) is 0 Å². The summed E-state index contributed by atoms with van der Waals surface area (Å²) in [6.45, 7) is -0.396. The number of primary amides is 1. The van der Waals surface area contributed by atoms with Crippen LogP contribution < -0.4 is 5.73 Å². The van der Waals surface area contributed by atoms with Gasteiger partial charge in [0.1, 0.15) is 5.75 Å². The minimum absolute atomic E-state index is 0.0244. The standard InChI is InChI=1S/C23H23NO8/c24-18(28)9-17(27)23(31)13(3-5-25)7-12-8-15-14(11-4-6-32-10-11)1-2-16(26)20(15)21(29)19(12)22(23)30/h1-2,4,6,10,12-13,19,25-26,31H,3,5,7-9H2,(H2,24,28)/t12-,13-,19?,23-/m1/s1. The smallest absolute Gasteiger partial charge is 0.225 e. The number of fused-ring (bicyclic) bond motifs is 2. The summed E-state index contributed by atoms with van der Waals surface area (Å²) in [6, 6.07) is 4.73. The normalized spacial score (nSPS) is 27.0. The van der Waals surface area contributed by atoms with Crippen molar-refractivity contribution in [3.05, 3.63) is 41.9 Å². The Bertz CT molecular complexity index is 1110. The first-order valence-corrected chi connectivity index (χ1v) is 10.3. The average molecular weight is 441 g/mol. The molecule has 2 aliphatic rings. The molecule has 168 valence electrons. The number of nitrogens with two attached hydrogens (primary N) is 1. The Morgan fingerprint density at radius 1 is 1.22 bits per heavy atom. The van der Waals surface area contributed by atoms with Crippen LogP contribution in [0.15, 0.2) is 35.1 Å². The molecule has 0 spiro atoms. The lowest BCUT2D eigenvalue weighted by atomic mass is 9.57. The van der Waals surface area contributed by atoms with Crippen molar-refractivity contribution in [3.63, 3.8) is 0 Å². The SMILES string of the molecule is NC(=O)CC(=O)[C@@]1(O)C(=O)C2C(=O)c3c(O)ccc(-c4ccoc4)c3C[C@H]2C[C@H]1CCO. The number of carbonyl (C=O) groups excluding carboxylic acids is 4. The summed E-state index contributed by atoms with van der Waals surface area (Å²) in [5.74, 6) is -6.97. The third kappa shape index (κ3) is 3.25. The van der Waals surface area contributed by atoms with Crippen LogP contribution in [0.4, 0.5) is 0 Å². The predicted molar refractivity (Wildman–Crippen MR) is 109 cm³/mol. The maximum atomic E-state index is 13.4. The van der Waals surface area contributed by atoms with Crippen LogP contribution in [0.3, 0.4) is 0 Å². The lowest BCUT2D eigenvalue weighted by Gasteiger charge is -2.46. The number of phenols is 1. The number of aliphatic hydroxyl groups excluding tert-OH is 1. The van der Waals surface area contributed by atoms with Crippen molar-refractivity contribution in [3.8, 4) is 16.9 Å². The summed E-state index contributed by atoms with van der Waals surface area (Å²) in [4.78, 5) is 50.8. The van der Waals surface area contributed by atoms with Crippen molar-refractivity contribution in [2.45, 2.75) is 31.3 Å². The number of benzene rings is 1. The first-order valence-electron chi connectivity index (χ1n) is 10.3. The number of carbonyl (C=O) groups is 4. The first-order chi connectivity index (χ1) is 15.2. The molecule has 0 radical (unpaired) electrons. The Morgan fingerprint density at radius 3 is 2.59 bits per heavy atom. The van der Waals surface area contributed by atoms with Crippen LogP contribution in [-0.2, 0) is 20.8 Å². The van der Waals surface area contributed by atoms with Gasteiger partial charge in [-0.05, 0) is 48.4 Å². The molecule has 2 aromatic rings. The molecule has 5 N–H and O–H groups in total. The summed E-state index contributed by atoms with van der Waals surface area (Å²) < 4.78 is 5.14. The van der Waals surface area contributed by atoms with Gasteiger partial charge in [0, 0.05) is 18.1 Å². The van der Waals surface area contributed by atoms with Crippen molar-refractivity contribution >= 4 is 23.3 Å². The van der Waals surface area contributed by atoms with Gasteiger partial charge < -0.3 is 25.5 Å². The minimum Gasteiger partial charge on any atom is -0.507 e. The Labute approximate surface area is 182 Å². The third-order valence-electron chi connectivity index (χ3n) is 6.66. The molecule has 9 nitrogen and oxygen atoms in total. The van der Waals surface area contributed by atoms with E-state index >= 15 is 0 Å². The molecule has 1 fully saturated rings. The lowest BCUT2D eigenvalue weighted by molar-refractivity contribution is -0.167. The lowest BCUT2D eigenvalue weighted by Crippen LogP contribution is -2.63. The summed E-state index contributed by atoms with van der Waals surface area (Å²) in [7, 11) is 0. The van der Waals surface area contributed by atoms with E-state index in [4.69, 9.17) is 10.2 Å². The zero-order chi connectivity index (χ0) is 23.2. The Balaban J connectivity index is 1.82. The molecule has 1 heterocycles. The van der Waals surface area contributed by atoms with E-state index in [9.17, 15) is 34.5 Å². The summed E-state index contributed by atoms with van der Waals surface area (Å²) >= 11 is 0. The van der Waals surface area contributed by atoms with Gasteiger partial charge in [-0.3, -0.25) is 19.2 Å². The number of aliphatic hydroxyl groups is 2. The molecule has 1 saturated carbocycles. The molecule has 32 heavy (non-hydrogen) atoms. The zero-order valence-electron chi connectivity index (χ0n) is 17.1. The molecule has 0 saturated heterocycles. The molecule has 1 aromatic carbocycles. The molecular formula is C23H23NO8. The molecule has 1 amide bonds. The number of ketones is 3. The number of rotatable bonds is 6. The van der Waals surface area contributed by atoms with E-state index in [1.54, 1.807) is 12.1 Å². The Kier molecular flexibility index (Phi) is 5.47. The van der Waals surface area contributed by atoms with E-state index in [1.807, 2.05) is 0 Å². The Morgan fingerprint density at radius 2 is 1.97 bits per heavy atom. The average Bonchev–Trinajstić information content (AvgIpc) is 3.26. The highest BCUT2D eigenvalue weighted by atomic mass is 16.3. The number of amides is 1. The number of hydrogen-bond donors (Lipinski definition) is 4. The minimum atomic E-state index is -2.61. The van der Waals surface area contributed by atoms with Crippen molar-refractivity contribution in [1.29, 1.82) is 0 Å². The third-order valence-corrected chi connectivity index (χ3v) is 6.66. The van der Waals surface area contributed by atoms with Crippen LogP contribution in [0.1, 0.15) is 35.2 Å². The van der Waals surface area contributed by atoms with Gasteiger partial charge in [0.2, 0.25) is 5.91 Å². The summed E-state index contributed by atoms with van der Waals surface area (Å²) in [6.07, 6.45) is 2.41. The second kappa shape index (κ2) is 7.99. The fraction of sp³-hybridized carbons (Fsp3) is 0.391. The van der Waals surface area contributed by atoms with Gasteiger partial charge in [-0.25, -0.2) is 0 Å². The highest BCUT2D eigenvalue weighted by Crippen LogP contribution is 2.49. The van der Waals surface area contributed by atoms with E-state index < -0.39 is 59.6 Å². The van der Waals surface area contributed by atoms with Gasteiger partial charge in [0.05, 0.1) is 30.4 Å². The number of phenolic OH excluding ortho intramolecular Hbond substituents is 1. The molecule has 2 aliphatic carbocycles. The van der Waals surface area contributed by atoms with Gasteiger partial charge in [0.25, 0.3) is 0 Å². The topological polar surface area (TPSA) is 168 Å². The van der Waals surface area contributed by atoms with Crippen molar-refractivity contribution < 1.29 is 38.9 Å². The second-order valence-corrected chi connectivity index (χ2v) is 8.45. The van der Waals surface area contributed by atoms with Crippen LogP contribution in [0.5, 0.6) is 5.75 Å². The van der Waals surface area contributed by atoms with Crippen LogP contribution in [0.25, 0.3) is 11.1 Å². The number of aromatic hydroxyl groups is 1.